The van der Waals surface area contributed by atoms with Crippen molar-refractivity contribution in [3.63, 3.8) is 0 Å². The van der Waals surface area contributed by atoms with Gasteiger partial charge in [-0.25, -0.2) is 4.57 Å². The van der Waals surface area contributed by atoms with E-state index in [2.05, 4.69) is 50.3 Å². The molecule has 46 heavy (non-hydrogen) atoms. The molecule has 0 amide bonds. The number of carbonyl (C=O) groups is 2. The Morgan fingerprint density at radius 3 is 1.78 bits per heavy atom. The normalized spacial score (nSPS) is 14.3. The lowest BCUT2D eigenvalue weighted by Gasteiger charge is -2.24. The number of esters is 2. The Hall–Kier alpha value is -1.77. The standard InChI is InChI=1S/C36H66NO8P/c1-6-8-10-12-14-15-16-17-18-19-20-21-23-24-26-28-35(38)42-32-34(33-44-46(40,41)43-31-30-37(3,4)5)45-36(39)29-27-25-22-13-11-9-7-2/h14-15,17-18,20-21,34H,6-13,16,19,22-33H2,1-5H3/p+1/b15-14-,18-17-,21-20-/t34-/m1/s1. The number of hydrogen-bond donors (Lipinski definition) is 1. The van der Waals surface area contributed by atoms with Gasteiger partial charge in [-0.1, -0.05) is 102 Å². The molecule has 0 saturated heterocycles. The number of unbranched alkanes of at least 4 members (excludes halogenated alkanes) is 11. The Morgan fingerprint density at radius 1 is 0.674 bits per heavy atom. The second-order valence-electron chi connectivity index (χ2n) is 12.9. The summed E-state index contributed by atoms with van der Waals surface area (Å²) in [6, 6.07) is 0. The van der Waals surface area contributed by atoms with Gasteiger partial charge in [0.15, 0.2) is 6.10 Å². The van der Waals surface area contributed by atoms with Gasteiger partial charge < -0.3 is 18.9 Å². The first-order chi connectivity index (χ1) is 22.0. The van der Waals surface area contributed by atoms with Crippen LogP contribution in [0.3, 0.4) is 0 Å². The van der Waals surface area contributed by atoms with Gasteiger partial charge in [-0.2, -0.15) is 0 Å². The first kappa shape index (κ1) is 44.2. The number of nitrogens with zero attached hydrogens (tertiary/aromatic N) is 1. The molecule has 0 spiro atoms. The summed E-state index contributed by atoms with van der Waals surface area (Å²) in [5, 5.41) is 0. The molecule has 9 nitrogen and oxygen atoms in total. The van der Waals surface area contributed by atoms with Crippen molar-refractivity contribution in [1.82, 2.24) is 0 Å². The van der Waals surface area contributed by atoms with Crippen LogP contribution in [-0.4, -0.2) is 74.9 Å². The van der Waals surface area contributed by atoms with E-state index in [4.69, 9.17) is 18.5 Å². The first-order valence-corrected chi connectivity index (χ1v) is 19.2. The monoisotopic (exact) mass is 672 g/mol. The van der Waals surface area contributed by atoms with Gasteiger partial charge in [0, 0.05) is 12.8 Å². The minimum atomic E-state index is -4.36. The van der Waals surface area contributed by atoms with Crippen LogP contribution in [0.15, 0.2) is 36.5 Å². The molecule has 0 radical (unpaired) electrons. The lowest BCUT2D eigenvalue weighted by atomic mass is 10.1. The highest BCUT2D eigenvalue weighted by atomic mass is 31.2. The lowest BCUT2D eigenvalue weighted by Crippen LogP contribution is -2.37. The number of rotatable bonds is 31. The van der Waals surface area contributed by atoms with Gasteiger partial charge in [0.1, 0.15) is 19.8 Å². The minimum Gasteiger partial charge on any atom is -0.462 e. The molecule has 0 fully saturated rings. The molecule has 1 N–H and O–H groups in total. The van der Waals surface area contributed by atoms with Gasteiger partial charge >= 0.3 is 19.8 Å². The largest absolute Gasteiger partial charge is 0.472 e. The minimum absolute atomic E-state index is 0.0255. The van der Waals surface area contributed by atoms with Crippen molar-refractivity contribution in [3.8, 4) is 0 Å². The highest BCUT2D eigenvalue weighted by Crippen LogP contribution is 2.43. The van der Waals surface area contributed by atoms with Crippen LogP contribution in [0.4, 0.5) is 0 Å². The SMILES string of the molecule is CCCCC/C=C\C/C=C\C/C=C\CCCCC(=O)OC[C@H](COP(=O)(O)OCC[N+](C)(C)C)OC(=O)CCCCCCCCC. The molecule has 0 aromatic carbocycles. The maximum absolute atomic E-state index is 12.5. The summed E-state index contributed by atoms with van der Waals surface area (Å²) in [6.45, 7) is 4.26. The maximum Gasteiger partial charge on any atom is 0.472 e. The van der Waals surface area contributed by atoms with Gasteiger partial charge in [-0.15, -0.1) is 0 Å². The van der Waals surface area contributed by atoms with Gasteiger partial charge in [0.2, 0.25) is 0 Å². The summed E-state index contributed by atoms with van der Waals surface area (Å²) in [5.41, 5.74) is 0. The average Bonchev–Trinajstić information content (AvgIpc) is 2.99. The zero-order valence-electron chi connectivity index (χ0n) is 29.8. The molecule has 0 aromatic rings. The van der Waals surface area contributed by atoms with E-state index in [1.807, 2.05) is 21.1 Å². The molecule has 0 aliphatic rings. The Bertz CT molecular complexity index is 897. The van der Waals surface area contributed by atoms with Crippen LogP contribution in [0.2, 0.25) is 0 Å². The third-order valence-electron chi connectivity index (χ3n) is 7.17. The number of ether oxygens (including phenoxy) is 2. The van der Waals surface area contributed by atoms with Crippen molar-refractivity contribution in [2.45, 2.75) is 136 Å². The van der Waals surface area contributed by atoms with Crippen molar-refractivity contribution in [3.05, 3.63) is 36.5 Å². The molecule has 0 aliphatic heterocycles. The van der Waals surface area contributed by atoms with Crippen LogP contribution in [-0.2, 0) is 32.7 Å². The van der Waals surface area contributed by atoms with Gasteiger partial charge in [-0.05, 0) is 51.4 Å². The second kappa shape index (κ2) is 29.4. The summed E-state index contributed by atoms with van der Waals surface area (Å²) in [7, 11) is 1.45. The fourth-order valence-corrected chi connectivity index (χ4v) is 5.05. The van der Waals surface area contributed by atoms with E-state index in [1.165, 1.54) is 38.5 Å². The summed E-state index contributed by atoms with van der Waals surface area (Å²) in [6.07, 6.45) is 29.3. The Kier molecular flexibility index (Phi) is 28.2. The number of quaternary nitrogens is 1. The van der Waals surface area contributed by atoms with Crippen molar-refractivity contribution in [1.29, 1.82) is 0 Å². The summed E-state index contributed by atoms with van der Waals surface area (Å²) in [4.78, 5) is 34.9. The summed E-state index contributed by atoms with van der Waals surface area (Å²) < 4.78 is 33.9. The predicted molar refractivity (Wildman–Crippen MR) is 187 cm³/mol. The van der Waals surface area contributed by atoms with Crippen LogP contribution in [0.25, 0.3) is 0 Å². The Labute approximate surface area is 281 Å². The number of carbonyl (C=O) groups excluding carboxylic acids is 2. The molecular weight excluding hydrogens is 605 g/mol. The average molecular weight is 673 g/mol. The van der Waals surface area contributed by atoms with Crippen LogP contribution < -0.4 is 0 Å². The van der Waals surface area contributed by atoms with Gasteiger partial charge in [0.25, 0.3) is 0 Å². The molecule has 0 aromatic heterocycles. The molecule has 0 aliphatic carbocycles. The van der Waals surface area contributed by atoms with Crippen molar-refractivity contribution >= 4 is 19.8 Å². The van der Waals surface area contributed by atoms with Crippen LogP contribution in [0, 0.1) is 0 Å². The molecule has 10 heteroatoms. The zero-order chi connectivity index (χ0) is 34.4. The molecule has 268 valence electrons. The Morgan fingerprint density at radius 2 is 1.17 bits per heavy atom. The Balaban J connectivity index is 4.49. The molecule has 2 atom stereocenters. The van der Waals surface area contributed by atoms with Crippen LogP contribution in [0.1, 0.15) is 129 Å². The topological polar surface area (TPSA) is 108 Å². The van der Waals surface area contributed by atoms with E-state index in [-0.39, 0.29) is 26.1 Å². The molecule has 0 heterocycles. The highest BCUT2D eigenvalue weighted by molar-refractivity contribution is 7.47. The molecule has 0 saturated carbocycles. The van der Waals surface area contributed by atoms with E-state index in [9.17, 15) is 19.0 Å². The maximum atomic E-state index is 12.5. The third-order valence-corrected chi connectivity index (χ3v) is 8.16. The highest BCUT2D eigenvalue weighted by Gasteiger charge is 2.27. The zero-order valence-corrected chi connectivity index (χ0v) is 30.7. The second-order valence-corrected chi connectivity index (χ2v) is 14.4. The van der Waals surface area contributed by atoms with Crippen LogP contribution in [0.5, 0.6) is 0 Å². The lowest BCUT2D eigenvalue weighted by molar-refractivity contribution is -0.870. The van der Waals surface area contributed by atoms with Crippen LogP contribution >= 0.6 is 7.82 Å². The smallest absolute Gasteiger partial charge is 0.462 e. The van der Waals surface area contributed by atoms with Gasteiger partial charge in [-0.3, -0.25) is 18.6 Å². The van der Waals surface area contributed by atoms with E-state index in [0.29, 0.717) is 23.9 Å². The fourth-order valence-electron chi connectivity index (χ4n) is 4.31. The predicted octanol–water partition coefficient (Wildman–Crippen LogP) is 9.01. The van der Waals surface area contributed by atoms with Crippen molar-refractivity contribution in [2.24, 2.45) is 0 Å². The van der Waals surface area contributed by atoms with Crippen molar-refractivity contribution < 1.29 is 42.1 Å². The number of allylic oxidation sites excluding steroid dienone is 6. The van der Waals surface area contributed by atoms with E-state index in [1.54, 1.807) is 0 Å². The molecular formula is C36H67NO8P+. The number of likely N-dealkylation sites (N-methyl/N-ethyl adjacent to an activating group) is 1. The molecule has 0 bridgehead atoms. The molecule has 0 rings (SSSR count). The fraction of sp³-hybridized carbons (Fsp3) is 0.778. The van der Waals surface area contributed by atoms with Crippen molar-refractivity contribution in [2.75, 3.05) is 47.5 Å². The number of phosphoric ester groups is 1. The first-order valence-electron chi connectivity index (χ1n) is 17.7. The summed E-state index contributed by atoms with van der Waals surface area (Å²) >= 11 is 0. The molecule has 1 unspecified atom stereocenters. The van der Waals surface area contributed by atoms with E-state index in [0.717, 1.165) is 51.4 Å². The van der Waals surface area contributed by atoms with E-state index < -0.39 is 32.5 Å². The summed E-state index contributed by atoms with van der Waals surface area (Å²) in [5.74, 6) is -0.855. The van der Waals surface area contributed by atoms with Gasteiger partial charge in [0.05, 0.1) is 27.7 Å². The quantitative estimate of drug-likeness (QED) is 0.0256. The number of hydrogen-bond acceptors (Lipinski definition) is 7. The third kappa shape index (κ3) is 32.2. The van der Waals surface area contributed by atoms with E-state index >= 15 is 0 Å². The number of phosphoric acid groups is 1.